The van der Waals surface area contributed by atoms with Crippen molar-refractivity contribution in [1.82, 2.24) is 5.43 Å². The second-order valence-corrected chi connectivity index (χ2v) is 6.64. The second-order valence-electron chi connectivity index (χ2n) is 6.24. The van der Waals surface area contributed by atoms with Gasteiger partial charge in [-0.15, -0.1) is 0 Å². The van der Waals surface area contributed by atoms with Gasteiger partial charge in [-0.1, -0.05) is 23.7 Å². The van der Waals surface area contributed by atoms with Crippen LogP contribution in [0.5, 0.6) is 11.5 Å². The van der Waals surface area contributed by atoms with Crippen LogP contribution < -0.4 is 20.2 Å². The van der Waals surface area contributed by atoms with Gasteiger partial charge in [0.05, 0.1) is 24.0 Å². The van der Waals surface area contributed by atoms with Gasteiger partial charge in [0, 0.05) is 5.92 Å². The van der Waals surface area contributed by atoms with Crippen molar-refractivity contribution in [2.24, 2.45) is 11.0 Å². The topological polar surface area (TPSA) is 89.0 Å². The predicted octanol–water partition coefficient (Wildman–Crippen LogP) is 3.23. The van der Waals surface area contributed by atoms with E-state index in [4.69, 9.17) is 21.1 Å². The number of anilines is 1. The zero-order valence-corrected chi connectivity index (χ0v) is 16.0. The number of carbonyl (C=O) groups is 2. The summed E-state index contributed by atoms with van der Waals surface area (Å²) >= 11 is 6.02. The minimum absolute atomic E-state index is 0.0623. The molecule has 2 amide bonds. The lowest BCUT2D eigenvalue weighted by Gasteiger charge is -2.12. The van der Waals surface area contributed by atoms with E-state index in [-0.39, 0.29) is 24.3 Å². The van der Waals surface area contributed by atoms with Crippen LogP contribution in [0, 0.1) is 5.92 Å². The molecule has 0 bridgehead atoms. The van der Waals surface area contributed by atoms with Gasteiger partial charge in [0.2, 0.25) is 5.91 Å². The summed E-state index contributed by atoms with van der Waals surface area (Å²) in [5.74, 6) is 0.551. The SMILES string of the molecule is COc1cc(/C=N/NC(=O)C2CC2)ccc1OCC(=O)Nc1ccccc1Cl. The number of ether oxygens (including phenoxy) is 2. The Balaban J connectivity index is 1.56. The predicted molar refractivity (Wildman–Crippen MR) is 107 cm³/mol. The van der Waals surface area contributed by atoms with Gasteiger partial charge in [-0.25, -0.2) is 5.43 Å². The molecule has 2 aromatic carbocycles. The molecule has 1 fully saturated rings. The van der Waals surface area contributed by atoms with E-state index >= 15 is 0 Å². The van der Waals surface area contributed by atoms with Gasteiger partial charge in [-0.3, -0.25) is 9.59 Å². The number of carbonyl (C=O) groups excluding carboxylic acids is 2. The maximum Gasteiger partial charge on any atom is 0.262 e. The number of nitrogens with zero attached hydrogens (tertiary/aromatic N) is 1. The quantitative estimate of drug-likeness (QED) is 0.525. The molecule has 0 aliphatic heterocycles. The number of hydrazone groups is 1. The van der Waals surface area contributed by atoms with Crippen molar-refractivity contribution in [3.8, 4) is 11.5 Å². The molecule has 8 heteroatoms. The van der Waals surface area contributed by atoms with Crippen molar-refractivity contribution in [2.75, 3.05) is 19.0 Å². The second kappa shape index (κ2) is 9.23. The van der Waals surface area contributed by atoms with Crippen LogP contribution in [0.15, 0.2) is 47.6 Å². The summed E-state index contributed by atoms with van der Waals surface area (Å²) in [5, 5.41) is 7.07. The van der Waals surface area contributed by atoms with Crippen LogP contribution in [-0.4, -0.2) is 31.7 Å². The van der Waals surface area contributed by atoms with Gasteiger partial charge in [-0.2, -0.15) is 5.10 Å². The van der Waals surface area contributed by atoms with E-state index in [1.165, 1.54) is 13.3 Å². The molecule has 0 spiro atoms. The van der Waals surface area contributed by atoms with Crippen LogP contribution in [-0.2, 0) is 9.59 Å². The number of amides is 2. The third-order valence-corrected chi connectivity index (χ3v) is 4.36. The van der Waals surface area contributed by atoms with Crippen molar-refractivity contribution in [2.45, 2.75) is 12.8 Å². The molecule has 146 valence electrons. The summed E-state index contributed by atoms with van der Waals surface area (Å²) in [6, 6.07) is 12.1. The molecule has 0 atom stereocenters. The summed E-state index contributed by atoms with van der Waals surface area (Å²) in [7, 11) is 1.50. The Morgan fingerprint density at radius 2 is 2.00 bits per heavy atom. The first-order chi connectivity index (χ1) is 13.6. The average molecular weight is 402 g/mol. The van der Waals surface area contributed by atoms with Gasteiger partial charge in [0.25, 0.3) is 5.91 Å². The number of hydrogen-bond donors (Lipinski definition) is 2. The van der Waals surface area contributed by atoms with Crippen molar-refractivity contribution < 1.29 is 19.1 Å². The van der Waals surface area contributed by atoms with Gasteiger partial charge < -0.3 is 14.8 Å². The van der Waals surface area contributed by atoms with Gasteiger partial charge in [0.15, 0.2) is 18.1 Å². The fourth-order valence-electron chi connectivity index (χ4n) is 2.38. The van der Waals surface area contributed by atoms with E-state index in [1.54, 1.807) is 42.5 Å². The molecule has 1 aliphatic carbocycles. The number of rotatable bonds is 8. The molecule has 0 radical (unpaired) electrons. The number of para-hydroxylation sites is 1. The Kier molecular flexibility index (Phi) is 6.49. The highest BCUT2D eigenvalue weighted by atomic mass is 35.5. The Bertz CT molecular complexity index is 897. The molecular weight excluding hydrogens is 382 g/mol. The standard InChI is InChI=1S/C20H20ClN3O4/c1-27-18-10-13(11-22-24-20(26)14-7-8-14)6-9-17(18)28-12-19(25)23-16-5-3-2-4-15(16)21/h2-6,9-11,14H,7-8,12H2,1H3,(H,23,25)(H,24,26)/b22-11+. The number of hydrogen-bond acceptors (Lipinski definition) is 5. The minimum atomic E-state index is -0.344. The van der Waals surface area contributed by atoms with Crippen molar-refractivity contribution in [1.29, 1.82) is 0 Å². The number of methoxy groups -OCH3 is 1. The molecule has 7 nitrogen and oxygen atoms in total. The fourth-order valence-corrected chi connectivity index (χ4v) is 2.57. The number of nitrogens with one attached hydrogen (secondary N) is 2. The smallest absolute Gasteiger partial charge is 0.262 e. The van der Waals surface area contributed by atoms with Crippen molar-refractivity contribution in [3.63, 3.8) is 0 Å². The molecule has 28 heavy (non-hydrogen) atoms. The first-order valence-electron chi connectivity index (χ1n) is 8.75. The molecule has 0 aromatic heterocycles. The third kappa shape index (κ3) is 5.47. The van der Waals surface area contributed by atoms with Crippen molar-refractivity contribution >= 4 is 35.3 Å². The lowest BCUT2D eigenvalue weighted by molar-refractivity contribution is -0.122. The highest BCUT2D eigenvalue weighted by molar-refractivity contribution is 6.33. The highest BCUT2D eigenvalue weighted by Gasteiger charge is 2.29. The molecule has 0 saturated heterocycles. The first kappa shape index (κ1) is 19.7. The van der Waals surface area contributed by atoms with E-state index in [9.17, 15) is 9.59 Å². The molecule has 0 heterocycles. The van der Waals surface area contributed by atoms with Crippen LogP contribution in [0.4, 0.5) is 5.69 Å². The maximum absolute atomic E-state index is 12.1. The van der Waals surface area contributed by atoms with Crippen molar-refractivity contribution in [3.05, 3.63) is 53.1 Å². The summed E-state index contributed by atoms with van der Waals surface area (Å²) in [4.78, 5) is 23.6. The molecule has 2 N–H and O–H groups in total. The van der Waals surface area contributed by atoms with E-state index < -0.39 is 0 Å². The summed E-state index contributed by atoms with van der Waals surface area (Å²) in [6.07, 6.45) is 3.37. The van der Waals surface area contributed by atoms with E-state index in [0.29, 0.717) is 22.2 Å². The molecule has 0 unspecified atom stereocenters. The zero-order chi connectivity index (χ0) is 19.9. The molecule has 1 aliphatic rings. The summed E-state index contributed by atoms with van der Waals surface area (Å²) in [5.41, 5.74) is 3.75. The molecule has 1 saturated carbocycles. The largest absolute Gasteiger partial charge is 0.493 e. The van der Waals surface area contributed by atoms with E-state index in [2.05, 4.69) is 15.8 Å². The summed E-state index contributed by atoms with van der Waals surface area (Å²) in [6.45, 7) is -0.202. The molecule has 3 rings (SSSR count). The van der Waals surface area contributed by atoms with Crippen LogP contribution in [0.25, 0.3) is 0 Å². The van der Waals surface area contributed by atoms with E-state index in [0.717, 1.165) is 18.4 Å². The van der Waals surface area contributed by atoms with Crippen LogP contribution in [0.2, 0.25) is 5.02 Å². The van der Waals surface area contributed by atoms with Crippen LogP contribution in [0.3, 0.4) is 0 Å². The lowest BCUT2D eigenvalue weighted by Crippen LogP contribution is -2.20. The Hall–Kier alpha value is -3.06. The monoisotopic (exact) mass is 401 g/mol. The normalized spacial score (nSPS) is 13.2. The summed E-state index contributed by atoms with van der Waals surface area (Å²) < 4.78 is 10.8. The Labute approximate surface area is 167 Å². The molecule has 2 aromatic rings. The van der Waals surface area contributed by atoms with Crippen LogP contribution in [0.1, 0.15) is 18.4 Å². The molecular formula is C20H20ClN3O4. The number of halogens is 1. The minimum Gasteiger partial charge on any atom is -0.493 e. The first-order valence-corrected chi connectivity index (χ1v) is 9.12. The lowest BCUT2D eigenvalue weighted by atomic mass is 10.2. The Morgan fingerprint density at radius 3 is 2.71 bits per heavy atom. The van der Waals surface area contributed by atoms with E-state index in [1.807, 2.05) is 0 Å². The van der Waals surface area contributed by atoms with Gasteiger partial charge in [0.1, 0.15) is 0 Å². The fraction of sp³-hybridized carbons (Fsp3) is 0.250. The van der Waals surface area contributed by atoms with Gasteiger partial charge in [-0.05, 0) is 48.7 Å². The Morgan fingerprint density at radius 1 is 1.21 bits per heavy atom. The average Bonchev–Trinajstić information content (AvgIpc) is 3.54. The highest BCUT2D eigenvalue weighted by Crippen LogP contribution is 2.29. The van der Waals surface area contributed by atoms with Gasteiger partial charge >= 0.3 is 0 Å². The third-order valence-electron chi connectivity index (χ3n) is 4.03. The number of benzene rings is 2. The van der Waals surface area contributed by atoms with Crippen LogP contribution >= 0.6 is 11.6 Å². The zero-order valence-electron chi connectivity index (χ0n) is 15.3. The maximum atomic E-state index is 12.1.